The van der Waals surface area contributed by atoms with Gasteiger partial charge in [-0.05, 0) is 6.92 Å². The zero-order valence-corrected chi connectivity index (χ0v) is 8.31. The molecule has 1 rings (SSSR count). The van der Waals surface area contributed by atoms with Gasteiger partial charge in [0.1, 0.15) is 12.3 Å². The lowest BCUT2D eigenvalue weighted by atomic mass is 10.4. The largest absolute Gasteiger partial charge is 0.408 e. The number of nitrogens with zero attached hydrogens (tertiary/aromatic N) is 1. The van der Waals surface area contributed by atoms with Crippen LogP contribution >= 0.6 is 12.6 Å². The van der Waals surface area contributed by atoms with Gasteiger partial charge in [0.05, 0.1) is 0 Å². The van der Waals surface area contributed by atoms with Crippen LogP contribution in [0.1, 0.15) is 5.69 Å². The molecule has 0 aliphatic heterocycles. The molecule has 0 amide bonds. The highest BCUT2D eigenvalue weighted by atomic mass is 32.1. The molecule has 0 atom stereocenters. The Kier molecular flexibility index (Phi) is 3.34. The average Bonchev–Trinajstić information content (AvgIpc) is 2.14. The summed E-state index contributed by atoms with van der Waals surface area (Å²) in [6.45, 7) is 1.43. The fourth-order valence-electron chi connectivity index (χ4n) is 0.896. The van der Waals surface area contributed by atoms with Crippen molar-refractivity contribution in [2.75, 3.05) is 12.4 Å². The number of rotatable bonds is 3. The van der Waals surface area contributed by atoms with E-state index >= 15 is 0 Å². The number of halogens is 1. The summed E-state index contributed by atoms with van der Waals surface area (Å²) < 4.78 is 13.7. The molecule has 1 N–H and O–H groups in total. The summed E-state index contributed by atoms with van der Waals surface area (Å²) in [5.74, 6) is -0.643. The van der Waals surface area contributed by atoms with Crippen molar-refractivity contribution in [2.45, 2.75) is 6.92 Å². The third-order valence-electron chi connectivity index (χ3n) is 1.54. The van der Waals surface area contributed by atoms with Gasteiger partial charge in [-0.2, -0.15) is 17.0 Å². The molecule has 1 aromatic heterocycles. The molecule has 0 fully saturated rings. The molecule has 0 bridgehead atoms. The third kappa shape index (κ3) is 1.98. The molecule has 0 saturated heterocycles. The van der Waals surface area contributed by atoms with Gasteiger partial charge in [-0.25, -0.2) is 4.79 Å². The molecule has 0 spiro atoms. The Hall–Kier alpha value is -1.24. The van der Waals surface area contributed by atoms with E-state index in [1.165, 1.54) is 6.92 Å². The smallest absolute Gasteiger partial charge is 0.361 e. The van der Waals surface area contributed by atoms with Gasteiger partial charge >= 0.3 is 5.69 Å². The van der Waals surface area contributed by atoms with Crippen LogP contribution in [-0.2, 0) is 0 Å². The van der Waals surface area contributed by atoms with Crippen molar-refractivity contribution in [3.05, 3.63) is 32.3 Å². The van der Waals surface area contributed by atoms with Gasteiger partial charge in [-0.1, -0.05) is 0 Å². The summed E-state index contributed by atoms with van der Waals surface area (Å²) in [7, 11) is 0. The number of aromatic amines is 1. The Morgan fingerprint density at radius 1 is 1.57 bits per heavy atom. The summed E-state index contributed by atoms with van der Waals surface area (Å²) >= 11 is 3.86. The zero-order chi connectivity index (χ0) is 10.7. The predicted octanol–water partition coefficient (Wildman–Crippen LogP) is -0.657. The maximum absolute atomic E-state index is 13.0. The van der Waals surface area contributed by atoms with E-state index in [1.54, 1.807) is 4.98 Å². The van der Waals surface area contributed by atoms with Gasteiger partial charge in [0.15, 0.2) is 0 Å². The van der Waals surface area contributed by atoms with Crippen molar-refractivity contribution in [3.8, 4) is 0 Å². The van der Waals surface area contributed by atoms with Crippen LogP contribution in [0.25, 0.3) is 0 Å². The van der Waals surface area contributed by atoms with Crippen LogP contribution in [0.4, 0.5) is 4.39 Å². The van der Waals surface area contributed by atoms with Crippen molar-refractivity contribution in [1.82, 2.24) is 9.71 Å². The first-order valence-electron chi connectivity index (χ1n) is 3.83. The van der Waals surface area contributed by atoms with E-state index in [1.807, 2.05) is 0 Å². The summed E-state index contributed by atoms with van der Waals surface area (Å²) in [6.07, 6.45) is 0. The van der Waals surface area contributed by atoms with E-state index in [2.05, 4.69) is 12.6 Å². The van der Waals surface area contributed by atoms with Crippen LogP contribution in [-0.4, -0.2) is 22.1 Å². The van der Waals surface area contributed by atoms with Crippen molar-refractivity contribution in [2.24, 2.45) is 0 Å². The first-order chi connectivity index (χ1) is 6.57. The molecule has 0 aliphatic rings. The van der Waals surface area contributed by atoms with Gasteiger partial charge in [-0.3, -0.25) is 9.78 Å². The number of aromatic nitrogens is 2. The quantitative estimate of drug-likeness (QED) is 0.665. The van der Waals surface area contributed by atoms with Crippen molar-refractivity contribution < 1.29 is 9.23 Å². The zero-order valence-electron chi connectivity index (χ0n) is 7.41. The van der Waals surface area contributed by atoms with Gasteiger partial charge in [0.2, 0.25) is 5.82 Å². The molecule has 0 saturated carbocycles. The fraction of sp³-hybridized carbons (Fsp3) is 0.429. The Labute approximate surface area is 83.9 Å². The van der Waals surface area contributed by atoms with Crippen molar-refractivity contribution in [1.29, 1.82) is 0 Å². The molecule has 1 heterocycles. The number of nitrogens with one attached hydrogen (secondary N) is 1. The first kappa shape index (κ1) is 10.8. The molecular weight excluding hydrogens is 211 g/mol. The van der Waals surface area contributed by atoms with Crippen molar-refractivity contribution in [3.63, 3.8) is 0 Å². The van der Waals surface area contributed by atoms with E-state index < -0.39 is 17.1 Å². The van der Waals surface area contributed by atoms with E-state index in [0.717, 1.165) is 0 Å². The van der Waals surface area contributed by atoms with Crippen LogP contribution in [0.3, 0.4) is 0 Å². The van der Waals surface area contributed by atoms with E-state index in [0.29, 0.717) is 10.5 Å². The summed E-state index contributed by atoms with van der Waals surface area (Å²) in [4.78, 5) is 28.5. The molecule has 0 radical (unpaired) electrons. The maximum Gasteiger partial charge on any atom is 0.361 e. The monoisotopic (exact) mass is 220 g/mol. The molecule has 5 nitrogen and oxygen atoms in total. The SMILES string of the molecule is Cc1c(F)c(=O)[nH]c(=O)n1OCCS. The molecule has 1 aromatic rings. The molecular formula is C7H9FN2O3S. The summed E-state index contributed by atoms with van der Waals surface area (Å²) in [5.41, 5.74) is -1.99. The van der Waals surface area contributed by atoms with Crippen LogP contribution in [0.5, 0.6) is 0 Å². The second-order valence-corrected chi connectivity index (χ2v) is 2.96. The van der Waals surface area contributed by atoms with Gasteiger partial charge in [-0.15, -0.1) is 4.73 Å². The molecule has 0 aliphatic carbocycles. The van der Waals surface area contributed by atoms with E-state index in [-0.39, 0.29) is 12.3 Å². The Morgan fingerprint density at radius 2 is 2.21 bits per heavy atom. The molecule has 78 valence electrons. The highest BCUT2D eigenvalue weighted by Crippen LogP contribution is 1.94. The normalized spacial score (nSPS) is 10.2. The number of thiol groups is 1. The number of H-pyrrole nitrogens is 1. The molecule has 0 unspecified atom stereocenters. The average molecular weight is 220 g/mol. The predicted molar refractivity (Wildman–Crippen MR) is 51.3 cm³/mol. The lowest BCUT2D eigenvalue weighted by molar-refractivity contribution is 0.103. The standard InChI is InChI=1S/C7H9FN2O3S/c1-4-5(8)6(11)9-7(12)10(4)13-2-3-14/h14H,2-3H2,1H3,(H,9,11,12). The maximum atomic E-state index is 13.0. The molecule has 14 heavy (non-hydrogen) atoms. The van der Waals surface area contributed by atoms with E-state index in [9.17, 15) is 14.0 Å². The minimum absolute atomic E-state index is 0.148. The van der Waals surface area contributed by atoms with Crippen LogP contribution in [0.2, 0.25) is 0 Å². The Morgan fingerprint density at radius 3 is 2.79 bits per heavy atom. The summed E-state index contributed by atoms with van der Waals surface area (Å²) in [5, 5.41) is 0. The van der Waals surface area contributed by atoms with Crippen LogP contribution in [0.15, 0.2) is 9.59 Å². The van der Waals surface area contributed by atoms with Crippen LogP contribution < -0.4 is 16.1 Å². The minimum Gasteiger partial charge on any atom is -0.408 e. The lowest BCUT2D eigenvalue weighted by Gasteiger charge is -2.09. The van der Waals surface area contributed by atoms with Crippen molar-refractivity contribution >= 4 is 12.6 Å². The highest BCUT2D eigenvalue weighted by molar-refractivity contribution is 7.80. The van der Waals surface area contributed by atoms with Gasteiger partial charge in [0, 0.05) is 5.75 Å². The van der Waals surface area contributed by atoms with Crippen LogP contribution in [0, 0.1) is 12.7 Å². The lowest BCUT2D eigenvalue weighted by Crippen LogP contribution is -2.38. The topological polar surface area (TPSA) is 64.1 Å². The molecule has 0 aromatic carbocycles. The third-order valence-corrected chi connectivity index (χ3v) is 1.72. The summed E-state index contributed by atoms with van der Waals surface area (Å²) in [6, 6.07) is 0. The minimum atomic E-state index is -1.04. The Balaban J connectivity index is 3.23. The van der Waals surface area contributed by atoms with E-state index in [4.69, 9.17) is 4.84 Å². The number of hydrogen-bond donors (Lipinski definition) is 2. The second kappa shape index (κ2) is 4.32. The second-order valence-electron chi connectivity index (χ2n) is 2.51. The fourth-order valence-corrected chi connectivity index (χ4v) is 0.978. The molecule has 7 heteroatoms. The van der Waals surface area contributed by atoms with Gasteiger partial charge < -0.3 is 4.84 Å². The number of hydrogen-bond acceptors (Lipinski definition) is 4. The highest BCUT2D eigenvalue weighted by Gasteiger charge is 2.10. The Bertz CT molecular complexity index is 440. The van der Waals surface area contributed by atoms with Gasteiger partial charge in [0.25, 0.3) is 5.56 Å². The first-order valence-corrected chi connectivity index (χ1v) is 4.46.